The van der Waals surface area contributed by atoms with Crippen molar-refractivity contribution >= 4 is 29.6 Å². The van der Waals surface area contributed by atoms with Crippen LogP contribution in [0.25, 0.3) is 0 Å². The van der Waals surface area contributed by atoms with Crippen molar-refractivity contribution < 1.29 is 24.2 Å². The molecule has 0 bridgehead atoms. The van der Waals surface area contributed by atoms with Crippen molar-refractivity contribution in [2.75, 3.05) is 0 Å². The van der Waals surface area contributed by atoms with Crippen LogP contribution in [-0.4, -0.2) is 23.0 Å². The van der Waals surface area contributed by atoms with E-state index in [1.54, 1.807) is 12.3 Å². The zero-order valence-corrected chi connectivity index (χ0v) is 12.5. The summed E-state index contributed by atoms with van der Waals surface area (Å²) < 4.78 is 4.93. The number of amides is 1. The third kappa shape index (κ3) is 3.76. The number of allylic oxidation sites excluding steroid dienone is 3. The molecule has 1 aliphatic carbocycles. The fourth-order valence-corrected chi connectivity index (χ4v) is 2.65. The number of carboxylic acid groups (broad SMARTS) is 1. The second kappa shape index (κ2) is 6.95. The zero-order valence-electron chi connectivity index (χ0n) is 11.7. The highest BCUT2D eigenvalue weighted by molar-refractivity contribution is 8.05. The Kier molecular flexibility index (Phi) is 5.00. The van der Waals surface area contributed by atoms with Crippen LogP contribution < -0.4 is 5.32 Å². The first-order valence-corrected chi connectivity index (χ1v) is 7.27. The number of carboxylic acids is 1. The molecule has 1 amide bonds. The van der Waals surface area contributed by atoms with Crippen molar-refractivity contribution in [1.29, 1.82) is 0 Å². The molecule has 7 heteroatoms. The molecule has 1 heterocycles. The minimum Gasteiger partial charge on any atom is -0.477 e. The van der Waals surface area contributed by atoms with E-state index in [0.29, 0.717) is 12.0 Å². The van der Waals surface area contributed by atoms with Gasteiger partial charge in [0.05, 0.1) is 5.57 Å². The number of thioether (sulfide) groups is 1. The molecule has 1 aliphatic heterocycles. The standard InChI is InChI=1S/C15H13NO5S/c1-9-3-2-4-10-7-22-8-11(14(18)19)16-12(17)5-6-21-15(20)13(9)10/h2-3,5-8H,4H2,1H3,(H,16,17)(H,18,19). The molecule has 22 heavy (non-hydrogen) atoms. The predicted octanol–water partition coefficient (Wildman–Crippen LogP) is 1.99. The Labute approximate surface area is 130 Å². The van der Waals surface area contributed by atoms with Gasteiger partial charge in [-0.05, 0) is 29.9 Å². The van der Waals surface area contributed by atoms with Crippen molar-refractivity contribution in [2.45, 2.75) is 13.3 Å². The fourth-order valence-electron chi connectivity index (χ4n) is 1.91. The van der Waals surface area contributed by atoms with Crippen LogP contribution in [0.1, 0.15) is 13.3 Å². The quantitative estimate of drug-likeness (QED) is 0.718. The van der Waals surface area contributed by atoms with E-state index in [1.165, 1.54) is 5.41 Å². The Balaban J connectivity index is 2.43. The average Bonchev–Trinajstić information content (AvgIpc) is 2.44. The van der Waals surface area contributed by atoms with Gasteiger partial charge in [-0.3, -0.25) is 4.79 Å². The smallest absolute Gasteiger partial charge is 0.352 e. The van der Waals surface area contributed by atoms with Crippen molar-refractivity contribution in [3.63, 3.8) is 0 Å². The minimum absolute atomic E-state index is 0.253. The van der Waals surface area contributed by atoms with Gasteiger partial charge in [0.2, 0.25) is 0 Å². The van der Waals surface area contributed by atoms with Gasteiger partial charge in [-0.25, -0.2) is 9.59 Å². The summed E-state index contributed by atoms with van der Waals surface area (Å²) in [6, 6.07) is 0. The fraction of sp³-hybridized carbons (Fsp3) is 0.133. The third-order valence-electron chi connectivity index (χ3n) is 2.90. The maximum atomic E-state index is 12.1. The Morgan fingerprint density at radius 1 is 1.32 bits per heavy atom. The molecule has 114 valence electrons. The van der Waals surface area contributed by atoms with Gasteiger partial charge in [0.25, 0.3) is 5.91 Å². The highest BCUT2D eigenvalue weighted by atomic mass is 32.2. The monoisotopic (exact) mass is 319 g/mol. The van der Waals surface area contributed by atoms with Gasteiger partial charge in [-0.15, -0.1) is 11.8 Å². The average molecular weight is 319 g/mol. The molecule has 2 rings (SSSR count). The molecule has 6 nitrogen and oxygen atoms in total. The van der Waals surface area contributed by atoms with E-state index in [-0.39, 0.29) is 5.70 Å². The van der Waals surface area contributed by atoms with E-state index in [1.807, 2.05) is 12.2 Å². The molecule has 0 saturated carbocycles. The van der Waals surface area contributed by atoms with Crippen LogP contribution in [-0.2, 0) is 19.1 Å². The molecular formula is C15H13NO5S. The number of esters is 1. The molecular weight excluding hydrogens is 306 g/mol. The number of hydrogen-bond donors (Lipinski definition) is 2. The van der Waals surface area contributed by atoms with Crippen LogP contribution >= 0.6 is 11.8 Å². The number of aliphatic carboxylic acids is 1. The van der Waals surface area contributed by atoms with E-state index in [2.05, 4.69) is 5.32 Å². The molecule has 0 unspecified atom stereocenters. The van der Waals surface area contributed by atoms with Crippen LogP contribution in [0.2, 0.25) is 0 Å². The van der Waals surface area contributed by atoms with Crippen molar-refractivity contribution in [1.82, 2.24) is 5.32 Å². The van der Waals surface area contributed by atoms with Gasteiger partial charge >= 0.3 is 11.9 Å². The van der Waals surface area contributed by atoms with E-state index in [0.717, 1.165) is 35.2 Å². The first-order valence-electron chi connectivity index (χ1n) is 6.33. The van der Waals surface area contributed by atoms with Crippen molar-refractivity contribution in [2.24, 2.45) is 0 Å². The summed E-state index contributed by atoms with van der Waals surface area (Å²) >= 11 is 1.08. The lowest BCUT2D eigenvalue weighted by atomic mass is 9.94. The van der Waals surface area contributed by atoms with Gasteiger partial charge in [0.1, 0.15) is 12.0 Å². The lowest BCUT2D eigenvalue weighted by Crippen LogP contribution is -2.25. The number of nitrogens with one attached hydrogen (secondary N) is 1. The molecule has 0 fully saturated rings. The zero-order chi connectivity index (χ0) is 16.1. The molecule has 0 atom stereocenters. The minimum atomic E-state index is -1.25. The lowest BCUT2D eigenvalue weighted by Gasteiger charge is -2.15. The molecule has 0 aromatic heterocycles. The van der Waals surface area contributed by atoms with Gasteiger partial charge in [-0.1, -0.05) is 12.2 Å². The summed E-state index contributed by atoms with van der Waals surface area (Å²) in [5.41, 5.74) is 1.65. The maximum absolute atomic E-state index is 12.1. The van der Waals surface area contributed by atoms with Gasteiger partial charge < -0.3 is 15.2 Å². The summed E-state index contributed by atoms with van der Waals surface area (Å²) in [5.74, 6) is -2.50. The van der Waals surface area contributed by atoms with Crippen LogP contribution in [0, 0.1) is 0 Å². The number of cyclic esters (lactones) is 1. The van der Waals surface area contributed by atoms with Crippen molar-refractivity contribution in [3.05, 3.63) is 57.7 Å². The molecule has 0 aromatic carbocycles. The van der Waals surface area contributed by atoms with Gasteiger partial charge in [0.15, 0.2) is 0 Å². The van der Waals surface area contributed by atoms with Crippen LogP contribution in [0.5, 0.6) is 0 Å². The number of fused-ring (bicyclic) bond motifs is 1. The number of ether oxygens (including phenoxy) is 1. The molecule has 0 saturated heterocycles. The molecule has 2 aliphatic rings. The lowest BCUT2D eigenvalue weighted by molar-refractivity contribution is -0.135. The topological polar surface area (TPSA) is 92.7 Å². The second-order valence-electron chi connectivity index (χ2n) is 4.48. The number of rotatable bonds is 1. The summed E-state index contributed by atoms with van der Waals surface area (Å²) in [5, 5.41) is 14.2. The molecule has 0 radical (unpaired) electrons. The SMILES string of the molecule is CC1=C2C(=O)OC=CC(=O)NC(C(=O)O)=CSC=C2CC=C1. The van der Waals surface area contributed by atoms with Crippen LogP contribution in [0.3, 0.4) is 0 Å². The first-order chi connectivity index (χ1) is 10.5. The van der Waals surface area contributed by atoms with E-state index in [4.69, 9.17) is 9.84 Å². The predicted molar refractivity (Wildman–Crippen MR) is 81.2 cm³/mol. The van der Waals surface area contributed by atoms with Crippen LogP contribution in [0.15, 0.2) is 57.7 Å². The Morgan fingerprint density at radius 2 is 2.09 bits per heavy atom. The second-order valence-corrected chi connectivity index (χ2v) is 5.22. The Hall–Kier alpha value is -2.54. The summed E-state index contributed by atoms with van der Waals surface area (Å²) in [6.07, 6.45) is 6.17. The number of hydrogen-bond acceptors (Lipinski definition) is 5. The van der Waals surface area contributed by atoms with E-state index >= 15 is 0 Å². The first kappa shape index (κ1) is 15.8. The van der Waals surface area contributed by atoms with Gasteiger partial charge in [0, 0.05) is 11.5 Å². The summed E-state index contributed by atoms with van der Waals surface area (Å²) in [7, 11) is 0. The third-order valence-corrected chi connectivity index (χ3v) is 3.70. The number of carbonyl (C=O) groups is 3. The summed E-state index contributed by atoms with van der Waals surface area (Å²) in [4.78, 5) is 34.7. The number of carbonyl (C=O) groups excluding carboxylic acids is 2. The highest BCUT2D eigenvalue weighted by Crippen LogP contribution is 2.28. The highest BCUT2D eigenvalue weighted by Gasteiger charge is 2.20. The Bertz CT molecular complexity index is 682. The van der Waals surface area contributed by atoms with Crippen molar-refractivity contribution in [3.8, 4) is 0 Å². The van der Waals surface area contributed by atoms with Gasteiger partial charge in [-0.2, -0.15) is 0 Å². The molecule has 0 spiro atoms. The Morgan fingerprint density at radius 3 is 2.82 bits per heavy atom. The van der Waals surface area contributed by atoms with E-state index in [9.17, 15) is 14.4 Å². The molecule has 2 N–H and O–H groups in total. The normalized spacial score (nSPS) is 19.1. The van der Waals surface area contributed by atoms with Crippen LogP contribution in [0.4, 0.5) is 0 Å². The largest absolute Gasteiger partial charge is 0.477 e. The molecule has 0 aromatic rings. The maximum Gasteiger partial charge on any atom is 0.352 e. The summed E-state index contributed by atoms with van der Waals surface area (Å²) in [6.45, 7) is 1.78. The van der Waals surface area contributed by atoms with E-state index < -0.39 is 17.8 Å².